The number of carbonyl (C=O) groups is 2. The van der Waals surface area contributed by atoms with Crippen LogP contribution in [0.3, 0.4) is 0 Å². The Hall–Kier alpha value is -2.60. The molecule has 1 amide bonds. The first kappa shape index (κ1) is 19.7. The van der Waals surface area contributed by atoms with Gasteiger partial charge in [0.05, 0.1) is 5.56 Å². The number of ketones is 1. The van der Waals surface area contributed by atoms with Crippen LogP contribution in [0.1, 0.15) is 42.7 Å². The molecule has 0 N–H and O–H groups in total. The monoisotopic (exact) mass is 419 g/mol. The van der Waals surface area contributed by atoms with Crippen molar-refractivity contribution >= 4 is 29.0 Å². The van der Waals surface area contributed by atoms with E-state index in [0.29, 0.717) is 41.1 Å². The van der Waals surface area contributed by atoms with Crippen molar-refractivity contribution in [2.24, 2.45) is 0 Å². The molecule has 1 aliphatic carbocycles. The third-order valence-corrected chi connectivity index (χ3v) is 5.73. The van der Waals surface area contributed by atoms with Gasteiger partial charge < -0.3 is 0 Å². The van der Waals surface area contributed by atoms with Crippen molar-refractivity contribution in [2.45, 2.75) is 37.8 Å². The molecule has 0 saturated heterocycles. The van der Waals surface area contributed by atoms with Crippen molar-refractivity contribution in [2.75, 3.05) is 4.90 Å². The van der Waals surface area contributed by atoms with E-state index in [1.165, 1.54) is 17.0 Å². The Bertz CT molecular complexity index is 1030. The first-order valence-electron chi connectivity index (χ1n) is 9.28. The van der Waals surface area contributed by atoms with Crippen LogP contribution in [-0.2, 0) is 15.8 Å². The van der Waals surface area contributed by atoms with Crippen LogP contribution in [-0.4, -0.2) is 11.7 Å². The molecule has 1 aliphatic heterocycles. The Kier molecular flexibility index (Phi) is 4.99. The molecule has 2 aromatic rings. The number of hydrogen-bond acceptors (Lipinski definition) is 2. The van der Waals surface area contributed by atoms with E-state index in [2.05, 4.69) is 0 Å². The summed E-state index contributed by atoms with van der Waals surface area (Å²) in [6.07, 6.45) is -3.19. The normalized spacial score (nSPS) is 20.1. The van der Waals surface area contributed by atoms with E-state index in [1.807, 2.05) is 0 Å². The van der Waals surface area contributed by atoms with Gasteiger partial charge in [-0.3, -0.25) is 14.5 Å². The van der Waals surface area contributed by atoms with E-state index in [0.717, 1.165) is 12.1 Å². The number of Topliss-reactive ketones (excluding diaryl/α,β-unsaturated/α-hetero) is 1. The van der Waals surface area contributed by atoms with E-state index in [9.17, 15) is 22.8 Å². The van der Waals surface area contributed by atoms with Gasteiger partial charge in [0.25, 0.3) is 0 Å². The van der Waals surface area contributed by atoms with Crippen molar-refractivity contribution in [1.29, 1.82) is 0 Å². The summed E-state index contributed by atoms with van der Waals surface area (Å²) >= 11 is 6.32. The lowest BCUT2D eigenvalue weighted by molar-refractivity contribution is -0.137. The van der Waals surface area contributed by atoms with Gasteiger partial charge in [0, 0.05) is 40.7 Å². The minimum atomic E-state index is -4.52. The lowest BCUT2D eigenvalue weighted by atomic mass is 9.77. The van der Waals surface area contributed by atoms with Gasteiger partial charge in [-0.1, -0.05) is 35.9 Å². The molecular formula is C22H17ClF3NO2. The molecule has 2 aromatic carbocycles. The van der Waals surface area contributed by atoms with E-state index >= 15 is 0 Å². The van der Waals surface area contributed by atoms with E-state index in [-0.39, 0.29) is 23.8 Å². The zero-order valence-electron chi connectivity index (χ0n) is 15.3. The molecule has 7 heteroatoms. The molecule has 3 nitrogen and oxygen atoms in total. The van der Waals surface area contributed by atoms with Crippen LogP contribution in [0.5, 0.6) is 0 Å². The minimum Gasteiger partial charge on any atom is -0.294 e. The number of carbonyl (C=O) groups excluding carboxylic acids is 2. The highest BCUT2D eigenvalue weighted by Crippen LogP contribution is 2.45. The number of rotatable bonds is 2. The number of allylic oxidation sites excluding steroid dienone is 2. The summed E-state index contributed by atoms with van der Waals surface area (Å²) in [6, 6.07) is 11.7. The van der Waals surface area contributed by atoms with E-state index in [1.54, 1.807) is 24.3 Å². The number of halogens is 4. The third-order valence-electron chi connectivity index (χ3n) is 5.39. The van der Waals surface area contributed by atoms with Gasteiger partial charge in [0.15, 0.2) is 5.78 Å². The summed E-state index contributed by atoms with van der Waals surface area (Å²) in [6.45, 7) is 0. The first-order valence-corrected chi connectivity index (χ1v) is 9.66. The van der Waals surface area contributed by atoms with Crippen LogP contribution in [0.15, 0.2) is 59.8 Å². The summed E-state index contributed by atoms with van der Waals surface area (Å²) in [4.78, 5) is 27.2. The molecule has 1 atom stereocenters. The maximum Gasteiger partial charge on any atom is 0.416 e. The van der Waals surface area contributed by atoms with Gasteiger partial charge in [-0.05, 0) is 42.7 Å². The van der Waals surface area contributed by atoms with Crippen LogP contribution in [0.2, 0.25) is 5.02 Å². The Morgan fingerprint density at radius 3 is 2.48 bits per heavy atom. The molecular weight excluding hydrogens is 403 g/mol. The van der Waals surface area contributed by atoms with E-state index < -0.39 is 17.7 Å². The smallest absolute Gasteiger partial charge is 0.294 e. The molecule has 0 aromatic heterocycles. The zero-order chi connectivity index (χ0) is 20.8. The summed E-state index contributed by atoms with van der Waals surface area (Å²) in [5.74, 6) is -0.913. The van der Waals surface area contributed by atoms with Crippen LogP contribution in [0, 0.1) is 0 Å². The van der Waals surface area contributed by atoms with Crippen molar-refractivity contribution in [3.05, 3.63) is 76.0 Å². The number of amides is 1. The minimum absolute atomic E-state index is 0.0233. The fourth-order valence-corrected chi connectivity index (χ4v) is 4.40. The van der Waals surface area contributed by atoms with Gasteiger partial charge in [-0.25, -0.2) is 0 Å². The highest BCUT2D eigenvalue weighted by atomic mass is 35.5. The molecule has 0 saturated carbocycles. The molecule has 0 bridgehead atoms. The Morgan fingerprint density at radius 1 is 1.00 bits per heavy atom. The lowest BCUT2D eigenvalue weighted by Gasteiger charge is -2.38. The quantitative estimate of drug-likeness (QED) is 0.609. The predicted octanol–water partition coefficient (Wildman–Crippen LogP) is 5.89. The van der Waals surface area contributed by atoms with Gasteiger partial charge in [-0.2, -0.15) is 13.2 Å². The highest BCUT2D eigenvalue weighted by Gasteiger charge is 2.41. The molecule has 0 fully saturated rings. The van der Waals surface area contributed by atoms with Crippen molar-refractivity contribution < 1.29 is 22.8 Å². The second-order valence-corrected chi connectivity index (χ2v) is 7.60. The average Bonchev–Trinajstić information content (AvgIpc) is 2.67. The molecule has 1 unspecified atom stereocenters. The van der Waals surface area contributed by atoms with Crippen LogP contribution in [0.25, 0.3) is 0 Å². The first-order chi connectivity index (χ1) is 13.8. The molecule has 2 aliphatic rings. The van der Waals surface area contributed by atoms with E-state index in [4.69, 9.17) is 11.6 Å². The van der Waals surface area contributed by atoms with Gasteiger partial charge >= 0.3 is 6.18 Å². The summed E-state index contributed by atoms with van der Waals surface area (Å²) < 4.78 is 39.5. The highest BCUT2D eigenvalue weighted by molar-refractivity contribution is 6.31. The zero-order valence-corrected chi connectivity index (χ0v) is 16.1. The Labute approximate surface area is 170 Å². The molecule has 0 radical (unpaired) electrons. The maximum atomic E-state index is 13.2. The van der Waals surface area contributed by atoms with Crippen LogP contribution >= 0.6 is 11.6 Å². The molecule has 150 valence electrons. The molecule has 29 heavy (non-hydrogen) atoms. The van der Waals surface area contributed by atoms with Gasteiger partial charge in [0.2, 0.25) is 5.91 Å². The van der Waals surface area contributed by atoms with Crippen LogP contribution < -0.4 is 4.90 Å². The SMILES string of the molecule is O=C1CCCC2=C1C(c1ccccc1Cl)CC(=O)N2c1cccc(C(F)(F)F)c1. The number of benzene rings is 2. The third kappa shape index (κ3) is 3.57. The molecule has 1 heterocycles. The Balaban J connectivity index is 1.87. The van der Waals surface area contributed by atoms with Crippen molar-refractivity contribution in [3.63, 3.8) is 0 Å². The average molecular weight is 420 g/mol. The fourth-order valence-electron chi connectivity index (χ4n) is 4.14. The number of nitrogens with zero attached hydrogens (tertiary/aromatic N) is 1. The topological polar surface area (TPSA) is 37.4 Å². The fraction of sp³-hybridized carbons (Fsp3) is 0.273. The lowest BCUT2D eigenvalue weighted by Crippen LogP contribution is -2.40. The van der Waals surface area contributed by atoms with Gasteiger partial charge in [-0.15, -0.1) is 0 Å². The van der Waals surface area contributed by atoms with Crippen LogP contribution in [0.4, 0.5) is 18.9 Å². The standard InChI is InChI=1S/C22H17ClF3NO2/c23-17-8-2-1-7-15(17)16-12-20(29)27(18-9-4-10-19(28)21(16)18)14-6-3-5-13(11-14)22(24,25)26/h1-3,5-8,11,16H,4,9-10,12H2. The number of alkyl halides is 3. The number of anilines is 1. The Morgan fingerprint density at radius 2 is 1.76 bits per heavy atom. The summed E-state index contributed by atoms with van der Waals surface area (Å²) in [5, 5.41) is 0.461. The van der Waals surface area contributed by atoms with Crippen molar-refractivity contribution in [3.8, 4) is 0 Å². The second kappa shape index (κ2) is 7.34. The summed E-state index contributed by atoms with van der Waals surface area (Å²) in [5.41, 5.74) is 0.960. The molecule has 4 rings (SSSR count). The summed E-state index contributed by atoms with van der Waals surface area (Å²) in [7, 11) is 0. The second-order valence-electron chi connectivity index (χ2n) is 7.19. The largest absolute Gasteiger partial charge is 0.416 e. The maximum absolute atomic E-state index is 13.2. The predicted molar refractivity (Wildman–Crippen MR) is 104 cm³/mol. The van der Waals surface area contributed by atoms with Crippen molar-refractivity contribution in [1.82, 2.24) is 0 Å². The number of hydrogen-bond donors (Lipinski definition) is 0. The van der Waals surface area contributed by atoms with Gasteiger partial charge in [0.1, 0.15) is 0 Å². The molecule has 0 spiro atoms.